The zero-order valence-corrected chi connectivity index (χ0v) is 28.5. The summed E-state index contributed by atoms with van der Waals surface area (Å²) in [6.07, 6.45) is 1.89. The van der Waals surface area contributed by atoms with Gasteiger partial charge in [0.25, 0.3) is 0 Å². The number of benzene rings is 6. The first-order valence-electron chi connectivity index (χ1n) is 17.3. The quantitative estimate of drug-likeness (QED) is 0.192. The molecular weight excluding hydrogens is 627 g/mol. The van der Waals surface area contributed by atoms with Crippen molar-refractivity contribution in [1.82, 2.24) is 14.4 Å². The standard InChI is InChI=1S/C46H33N3O2/c1-46(2,3)31-23-29(22-30(24-31)36-25-28(20-21-47-36)27-12-5-4-6-13-27)32-16-11-18-38-43(32)48-45-42-39(50)26-35-33-14-8-10-19-40(33)51-44(35)41(42)34-15-7-9-17-37(34)49(38)45/h4-26,50H,1-3H3. The minimum Gasteiger partial charge on any atom is -0.507 e. The van der Waals surface area contributed by atoms with Gasteiger partial charge in [-0.1, -0.05) is 106 Å². The molecule has 0 amide bonds. The van der Waals surface area contributed by atoms with Crippen molar-refractivity contribution in [2.45, 2.75) is 26.2 Å². The number of rotatable bonds is 3. The average Bonchev–Trinajstić information content (AvgIpc) is 3.73. The number of imidazole rings is 1. The monoisotopic (exact) mass is 659 g/mol. The van der Waals surface area contributed by atoms with Gasteiger partial charge in [-0.15, -0.1) is 0 Å². The van der Waals surface area contributed by atoms with E-state index in [1.54, 1.807) is 0 Å². The Labute approximate surface area is 294 Å². The summed E-state index contributed by atoms with van der Waals surface area (Å²) in [5, 5.41) is 16.2. The lowest BCUT2D eigenvalue weighted by Gasteiger charge is -2.22. The normalized spacial score (nSPS) is 12.3. The molecule has 0 radical (unpaired) electrons. The molecule has 51 heavy (non-hydrogen) atoms. The van der Waals surface area contributed by atoms with Crippen molar-refractivity contribution >= 4 is 60.3 Å². The lowest BCUT2D eigenvalue weighted by molar-refractivity contribution is 0.482. The zero-order valence-electron chi connectivity index (χ0n) is 28.5. The van der Waals surface area contributed by atoms with Crippen LogP contribution >= 0.6 is 0 Å². The summed E-state index contributed by atoms with van der Waals surface area (Å²) in [5.41, 5.74) is 12.5. The molecule has 0 saturated heterocycles. The molecule has 0 atom stereocenters. The molecule has 0 aliphatic rings. The summed E-state index contributed by atoms with van der Waals surface area (Å²) in [5.74, 6) is 0.179. The predicted molar refractivity (Wildman–Crippen MR) is 209 cm³/mol. The summed E-state index contributed by atoms with van der Waals surface area (Å²) in [6, 6.07) is 46.0. The molecule has 0 aliphatic heterocycles. The molecule has 4 heterocycles. The van der Waals surface area contributed by atoms with E-state index in [-0.39, 0.29) is 11.2 Å². The highest BCUT2D eigenvalue weighted by atomic mass is 16.3. The molecule has 0 bridgehead atoms. The van der Waals surface area contributed by atoms with Crippen LogP contribution in [-0.4, -0.2) is 19.5 Å². The van der Waals surface area contributed by atoms with E-state index in [1.807, 2.05) is 48.7 Å². The van der Waals surface area contributed by atoms with E-state index >= 15 is 0 Å². The molecular formula is C46H33N3O2. The molecule has 10 aromatic rings. The second-order valence-corrected chi connectivity index (χ2v) is 14.4. The van der Waals surface area contributed by atoms with Crippen LogP contribution in [0.1, 0.15) is 26.3 Å². The summed E-state index contributed by atoms with van der Waals surface area (Å²) in [4.78, 5) is 10.2. The van der Waals surface area contributed by atoms with Crippen LogP contribution in [0.15, 0.2) is 144 Å². The van der Waals surface area contributed by atoms with Gasteiger partial charge in [0.1, 0.15) is 22.6 Å². The van der Waals surface area contributed by atoms with Crippen molar-refractivity contribution in [3.8, 4) is 39.3 Å². The van der Waals surface area contributed by atoms with Gasteiger partial charge in [-0.05, 0) is 76.2 Å². The van der Waals surface area contributed by atoms with Crippen LogP contribution in [0.2, 0.25) is 0 Å². The van der Waals surface area contributed by atoms with Crippen molar-refractivity contribution in [1.29, 1.82) is 0 Å². The third-order valence-electron chi connectivity index (χ3n) is 10.2. The molecule has 10 rings (SSSR count). The number of hydrogen-bond acceptors (Lipinski definition) is 4. The number of phenols is 1. The molecule has 0 spiro atoms. The van der Waals surface area contributed by atoms with Crippen LogP contribution in [0.3, 0.4) is 0 Å². The van der Waals surface area contributed by atoms with E-state index in [0.717, 1.165) is 82.8 Å². The van der Waals surface area contributed by atoms with E-state index < -0.39 is 0 Å². The minimum absolute atomic E-state index is 0.106. The number of pyridine rings is 2. The molecule has 1 N–H and O–H groups in total. The molecule has 4 aromatic heterocycles. The van der Waals surface area contributed by atoms with Crippen molar-refractivity contribution in [3.63, 3.8) is 0 Å². The Bertz CT molecular complexity index is 3020. The number of nitrogens with zero attached hydrogens (tertiary/aromatic N) is 3. The number of phenolic OH excluding ortho intramolecular Hbond substituents is 1. The maximum Gasteiger partial charge on any atom is 0.150 e. The number of fused-ring (bicyclic) bond motifs is 12. The second kappa shape index (κ2) is 10.8. The van der Waals surface area contributed by atoms with E-state index in [0.29, 0.717) is 11.0 Å². The number of hydrogen-bond donors (Lipinski definition) is 1. The van der Waals surface area contributed by atoms with Crippen molar-refractivity contribution in [3.05, 3.63) is 145 Å². The van der Waals surface area contributed by atoms with Gasteiger partial charge >= 0.3 is 0 Å². The van der Waals surface area contributed by atoms with Gasteiger partial charge in [0.15, 0.2) is 0 Å². The largest absolute Gasteiger partial charge is 0.507 e. The van der Waals surface area contributed by atoms with Crippen LogP contribution in [-0.2, 0) is 5.41 Å². The van der Waals surface area contributed by atoms with Crippen LogP contribution in [0.5, 0.6) is 5.75 Å². The SMILES string of the molecule is CC(C)(C)c1cc(-c2cc(-c3ccccc3)ccn2)cc(-c2cccc3c2nc2c4c(O)cc5c6ccccc6oc5c4c4ccccc4n32)c1. The topological polar surface area (TPSA) is 63.6 Å². The predicted octanol–water partition coefficient (Wildman–Crippen LogP) is 12.1. The van der Waals surface area contributed by atoms with Crippen molar-refractivity contribution in [2.24, 2.45) is 0 Å². The molecule has 0 unspecified atom stereocenters. The Morgan fingerprint density at radius 1 is 0.608 bits per heavy atom. The second-order valence-electron chi connectivity index (χ2n) is 14.4. The Kier molecular flexibility index (Phi) is 6.22. The van der Waals surface area contributed by atoms with E-state index in [4.69, 9.17) is 14.4 Å². The smallest absolute Gasteiger partial charge is 0.150 e. The number of aromatic nitrogens is 3. The van der Waals surface area contributed by atoms with E-state index in [2.05, 4.69) is 116 Å². The molecule has 0 aliphatic carbocycles. The first-order chi connectivity index (χ1) is 24.8. The third-order valence-corrected chi connectivity index (χ3v) is 10.2. The lowest BCUT2D eigenvalue weighted by Crippen LogP contribution is -2.11. The van der Waals surface area contributed by atoms with E-state index in [1.165, 1.54) is 5.56 Å². The highest BCUT2D eigenvalue weighted by Gasteiger charge is 2.24. The molecule has 5 heteroatoms. The molecule has 5 nitrogen and oxygen atoms in total. The maximum atomic E-state index is 11.8. The fourth-order valence-corrected chi connectivity index (χ4v) is 7.71. The number of para-hydroxylation sites is 3. The molecule has 0 saturated carbocycles. The van der Waals surface area contributed by atoms with Gasteiger partial charge < -0.3 is 9.52 Å². The average molecular weight is 660 g/mol. The summed E-state index contributed by atoms with van der Waals surface area (Å²) in [7, 11) is 0. The van der Waals surface area contributed by atoms with Gasteiger partial charge in [0.05, 0.1) is 27.6 Å². The number of furan rings is 1. The number of aromatic hydroxyl groups is 1. The first-order valence-corrected chi connectivity index (χ1v) is 17.3. The van der Waals surface area contributed by atoms with Crippen LogP contribution in [0.4, 0.5) is 0 Å². The summed E-state index contributed by atoms with van der Waals surface area (Å²) >= 11 is 0. The van der Waals surface area contributed by atoms with Crippen LogP contribution < -0.4 is 0 Å². The molecule has 244 valence electrons. The fourth-order valence-electron chi connectivity index (χ4n) is 7.71. The lowest BCUT2D eigenvalue weighted by atomic mass is 9.83. The highest BCUT2D eigenvalue weighted by molar-refractivity contribution is 6.28. The Hall–Kier alpha value is -6.46. The Morgan fingerprint density at radius 3 is 2.20 bits per heavy atom. The zero-order chi connectivity index (χ0) is 34.4. The highest BCUT2D eigenvalue weighted by Crippen LogP contribution is 2.45. The van der Waals surface area contributed by atoms with Gasteiger partial charge in [0.2, 0.25) is 0 Å². The summed E-state index contributed by atoms with van der Waals surface area (Å²) < 4.78 is 8.71. The third kappa shape index (κ3) is 4.48. The first kappa shape index (κ1) is 29.5. The van der Waals surface area contributed by atoms with Gasteiger partial charge in [-0.25, -0.2) is 4.98 Å². The minimum atomic E-state index is -0.106. The van der Waals surface area contributed by atoms with Gasteiger partial charge in [-0.2, -0.15) is 0 Å². The fraction of sp³-hybridized carbons (Fsp3) is 0.0870. The maximum absolute atomic E-state index is 11.8. The Balaban J connectivity index is 1.27. The molecule has 6 aromatic carbocycles. The summed E-state index contributed by atoms with van der Waals surface area (Å²) in [6.45, 7) is 6.74. The Morgan fingerprint density at radius 2 is 1.35 bits per heavy atom. The van der Waals surface area contributed by atoms with Crippen LogP contribution in [0.25, 0.3) is 93.8 Å². The van der Waals surface area contributed by atoms with Gasteiger partial charge in [-0.3, -0.25) is 9.38 Å². The van der Waals surface area contributed by atoms with Crippen molar-refractivity contribution < 1.29 is 9.52 Å². The van der Waals surface area contributed by atoms with Gasteiger partial charge in [0, 0.05) is 38.9 Å². The van der Waals surface area contributed by atoms with E-state index in [9.17, 15) is 5.11 Å². The van der Waals surface area contributed by atoms with Crippen LogP contribution in [0, 0.1) is 0 Å². The molecule has 0 fully saturated rings. The van der Waals surface area contributed by atoms with Crippen molar-refractivity contribution in [2.75, 3.05) is 0 Å².